The lowest BCUT2D eigenvalue weighted by Crippen LogP contribution is -2.47. The molecule has 2 unspecified atom stereocenters. The lowest BCUT2D eigenvalue weighted by atomic mass is 9.99. The molecule has 0 aliphatic heterocycles. The van der Waals surface area contributed by atoms with Gasteiger partial charge in [0.05, 0.1) is 6.61 Å². The van der Waals surface area contributed by atoms with E-state index in [4.69, 9.17) is 0 Å². The molecule has 0 bridgehead atoms. The summed E-state index contributed by atoms with van der Waals surface area (Å²) in [6, 6.07) is 0.0624. The smallest absolute Gasteiger partial charge is 0.0590 e. The highest BCUT2D eigenvalue weighted by molar-refractivity contribution is 4.79. The normalized spacial score (nSPS) is 16.0. The summed E-state index contributed by atoms with van der Waals surface area (Å²) in [5.41, 5.74) is 0. The van der Waals surface area contributed by atoms with Gasteiger partial charge in [0.1, 0.15) is 0 Å². The Kier molecular flexibility index (Phi) is 7.96. The number of likely N-dealkylation sites (N-methyl/N-ethyl adjacent to an activating group) is 1. The molecule has 0 fully saturated rings. The maximum Gasteiger partial charge on any atom is 0.0590 e. The van der Waals surface area contributed by atoms with Crippen molar-refractivity contribution >= 4 is 0 Å². The van der Waals surface area contributed by atoms with Crippen LogP contribution in [0.15, 0.2) is 0 Å². The average Bonchev–Trinajstić information content (AvgIpc) is 2.22. The lowest BCUT2D eigenvalue weighted by molar-refractivity contribution is 0.0472. The van der Waals surface area contributed by atoms with Gasteiger partial charge in [-0.15, -0.1) is 0 Å². The third-order valence-corrected chi connectivity index (χ3v) is 2.85. The second-order valence-electron chi connectivity index (χ2n) is 4.18. The molecular weight excluding hydrogens is 192 g/mol. The molecule has 2 N–H and O–H groups in total. The van der Waals surface area contributed by atoms with Crippen LogP contribution in [0, 0.1) is 5.92 Å². The van der Waals surface area contributed by atoms with Gasteiger partial charge in [0.25, 0.3) is 0 Å². The Morgan fingerprint density at radius 1 is 1.00 bits per heavy atom. The largest absolute Gasteiger partial charge is 0.396 e. The SMILES string of the molecule is CCN(CC)C(CO)C(CO)CN(C)C. The first-order valence-electron chi connectivity index (χ1n) is 5.71. The molecule has 0 rings (SSSR count). The van der Waals surface area contributed by atoms with E-state index in [1.54, 1.807) is 0 Å². The molecule has 4 heteroatoms. The highest BCUT2D eigenvalue weighted by Crippen LogP contribution is 2.11. The first-order valence-corrected chi connectivity index (χ1v) is 5.71. The lowest BCUT2D eigenvalue weighted by Gasteiger charge is -2.35. The van der Waals surface area contributed by atoms with E-state index >= 15 is 0 Å². The summed E-state index contributed by atoms with van der Waals surface area (Å²) in [5, 5.41) is 18.8. The van der Waals surface area contributed by atoms with E-state index in [0.29, 0.717) is 0 Å². The first-order chi connectivity index (χ1) is 7.10. The van der Waals surface area contributed by atoms with E-state index in [9.17, 15) is 10.2 Å². The highest BCUT2D eigenvalue weighted by atomic mass is 16.3. The third-order valence-electron chi connectivity index (χ3n) is 2.85. The summed E-state index contributed by atoms with van der Waals surface area (Å²) in [4.78, 5) is 4.25. The van der Waals surface area contributed by atoms with Gasteiger partial charge in [-0.2, -0.15) is 0 Å². The van der Waals surface area contributed by atoms with Gasteiger partial charge >= 0.3 is 0 Å². The number of hydrogen-bond donors (Lipinski definition) is 2. The minimum atomic E-state index is 0.0624. The number of nitrogens with zero attached hydrogens (tertiary/aromatic N) is 2. The average molecular weight is 218 g/mol. The zero-order valence-electron chi connectivity index (χ0n) is 10.5. The van der Waals surface area contributed by atoms with Crippen LogP contribution < -0.4 is 0 Å². The Balaban J connectivity index is 4.43. The molecule has 2 atom stereocenters. The molecule has 15 heavy (non-hydrogen) atoms. The zero-order chi connectivity index (χ0) is 11.8. The van der Waals surface area contributed by atoms with Crippen molar-refractivity contribution in [2.45, 2.75) is 19.9 Å². The maximum atomic E-state index is 9.40. The molecule has 0 saturated heterocycles. The van der Waals surface area contributed by atoms with Crippen LogP contribution in [0.4, 0.5) is 0 Å². The second-order valence-corrected chi connectivity index (χ2v) is 4.18. The predicted octanol–water partition coefficient (Wildman–Crippen LogP) is -0.141. The van der Waals surface area contributed by atoms with E-state index in [-0.39, 0.29) is 25.2 Å². The van der Waals surface area contributed by atoms with Crippen molar-refractivity contribution < 1.29 is 10.2 Å². The molecule has 4 nitrogen and oxygen atoms in total. The van der Waals surface area contributed by atoms with Crippen LogP contribution in [0.5, 0.6) is 0 Å². The summed E-state index contributed by atoms with van der Waals surface area (Å²) in [5.74, 6) is 0.116. The van der Waals surface area contributed by atoms with E-state index in [0.717, 1.165) is 19.6 Å². The van der Waals surface area contributed by atoms with Crippen molar-refractivity contribution in [3.05, 3.63) is 0 Å². The fourth-order valence-electron chi connectivity index (χ4n) is 2.03. The second kappa shape index (κ2) is 8.05. The van der Waals surface area contributed by atoms with E-state index < -0.39 is 0 Å². The van der Waals surface area contributed by atoms with Crippen LogP contribution in [0.3, 0.4) is 0 Å². The molecule has 0 aromatic heterocycles. The van der Waals surface area contributed by atoms with Gasteiger partial charge in [0.15, 0.2) is 0 Å². The summed E-state index contributed by atoms with van der Waals surface area (Å²) < 4.78 is 0. The highest BCUT2D eigenvalue weighted by Gasteiger charge is 2.25. The molecule has 0 radical (unpaired) electrons. The van der Waals surface area contributed by atoms with E-state index in [1.165, 1.54) is 0 Å². The van der Waals surface area contributed by atoms with Crippen LogP contribution in [-0.2, 0) is 0 Å². The summed E-state index contributed by atoms with van der Waals surface area (Å²) in [6.45, 7) is 7.02. The van der Waals surface area contributed by atoms with Crippen molar-refractivity contribution in [3.8, 4) is 0 Å². The van der Waals surface area contributed by atoms with E-state index in [1.807, 2.05) is 19.0 Å². The van der Waals surface area contributed by atoms with Crippen LogP contribution in [-0.4, -0.2) is 73.0 Å². The standard InChI is InChI=1S/C11H26N2O2/c1-5-13(6-2)11(9-15)10(8-14)7-12(3)4/h10-11,14-15H,5-9H2,1-4H3. The summed E-state index contributed by atoms with van der Waals surface area (Å²) in [7, 11) is 3.97. The molecular formula is C11H26N2O2. The van der Waals surface area contributed by atoms with Gasteiger partial charge in [-0.3, -0.25) is 4.90 Å². The van der Waals surface area contributed by atoms with Crippen LogP contribution in [0.25, 0.3) is 0 Å². The maximum absolute atomic E-state index is 9.40. The van der Waals surface area contributed by atoms with Gasteiger partial charge in [0, 0.05) is 25.1 Å². The van der Waals surface area contributed by atoms with Gasteiger partial charge in [-0.1, -0.05) is 13.8 Å². The quantitative estimate of drug-likeness (QED) is 0.595. The molecule has 0 aromatic rings. The van der Waals surface area contributed by atoms with Crippen molar-refractivity contribution in [1.82, 2.24) is 9.80 Å². The molecule has 0 amide bonds. The fraction of sp³-hybridized carbons (Fsp3) is 1.00. The molecule has 92 valence electrons. The van der Waals surface area contributed by atoms with Crippen molar-refractivity contribution in [2.75, 3.05) is 46.9 Å². The minimum absolute atomic E-state index is 0.0624. The van der Waals surface area contributed by atoms with Gasteiger partial charge in [-0.05, 0) is 27.2 Å². The number of rotatable bonds is 8. The number of hydrogen-bond acceptors (Lipinski definition) is 4. The topological polar surface area (TPSA) is 46.9 Å². The molecule has 0 heterocycles. The Bertz CT molecular complexity index is 150. The molecule has 0 aliphatic carbocycles. The number of aliphatic hydroxyl groups is 2. The third kappa shape index (κ3) is 4.93. The Morgan fingerprint density at radius 2 is 1.53 bits per heavy atom. The molecule has 0 aliphatic rings. The van der Waals surface area contributed by atoms with Gasteiger partial charge in [0.2, 0.25) is 0 Å². The summed E-state index contributed by atoms with van der Waals surface area (Å²) >= 11 is 0. The van der Waals surface area contributed by atoms with Gasteiger partial charge in [-0.25, -0.2) is 0 Å². The van der Waals surface area contributed by atoms with Crippen molar-refractivity contribution in [3.63, 3.8) is 0 Å². The van der Waals surface area contributed by atoms with Crippen LogP contribution in [0.2, 0.25) is 0 Å². The molecule has 0 spiro atoms. The van der Waals surface area contributed by atoms with E-state index in [2.05, 4.69) is 18.7 Å². The van der Waals surface area contributed by atoms with Crippen LogP contribution in [0.1, 0.15) is 13.8 Å². The Hall–Kier alpha value is -0.160. The zero-order valence-corrected chi connectivity index (χ0v) is 10.5. The predicted molar refractivity (Wildman–Crippen MR) is 62.9 cm³/mol. The van der Waals surface area contributed by atoms with Crippen LogP contribution >= 0.6 is 0 Å². The Labute approximate surface area is 93.5 Å². The molecule has 0 saturated carbocycles. The summed E-state index contributed by atoms with van der Waals surface area (Å²) in [6.07, 6.45) is 0. The van der Waals surface area contributed by atoms with Crippen molar-refractivity contribution in [1.29, 1.82) is 0 Å². The number of aliphatic hydroxyl groups excluding tert-OH is 2. The molecule has 0 aromatic carbocycles. The fourth-order valence-corrected chi connectivity index (χ4v) is 2.03. The monoisotopic (exact) mass is 218 g/mol. The van der Waals surface area contributed by atoms with Gasteiger partial charge < -0.3 is 15.1 Å². The Morgan fingerprint density at radius 3 is 1.80 bits per heavy atom. The first kappa shape index (κ1) is 14.8. The van der Waals surface area contributed by atoms with Crippen molar-refractivity contribution in [2.24, 2.45) is 5.92 Å². The minimum Gasteiger partial charge on any atom is -0.396 e.